The number of benzene rings is 2. The number of rotatable bonds is 4. The van der Waals surface area contributed by atoms with Crippen molar-refractivity contribution in [3.05, 3.63) is 71.0 Å². The number of nitrogens with one attached hydrogen (secondary N) is 1. The van der Waals surface area contributed by atoms with Crippen molar-refractivity contribution < 1.29 is 18.7 Å². The van der Waals surface area contributed by atoms with Crippen LogP contribution in [-0.2, 0) is 14.3 Å². The summed E-state index contributed by atoms with van der Waals surface area (Å²) in [6, 6.07) is 12.7. The fraction of sp³-hybridized carbons (Fsp3) is 0.250. The number of carbonyl (C=O) groups is 2. The van der Waals surface area contributed by atoms with Crippen LogP contribution in [0.5, 0.6) is 0 Å². The molecule has 7 heteroatoms. The summed E-state index contributed by atoms with van der Waals surface area (Å²) in [5, 5.41) is 3.32. The molecule has 0 aromatic heterocycles. The van der Waals surface area contributed by atoms with Crippen molar-refractivity contribution in [2.45, 2.75) is 24.6 Å². The summed E-state index contributed by atoms with van der Waals surface area (Å²) in [5.41, 5.74) is 2.04. The van der Waals surface area contributed by atoms with E-state index in [0.717, 1.165) is 11.1 Å². The van der Waals surface area contributed by atoms with Crippen molar-refractivity contribution in [2.75, 3.05) is 7.11 Å². The predicted octanol–water partition coefficient (Wildman–Crippen LogP) is 3.81. The van der Waals surface area contributed by atoms with Gasteiger partial charge < -0.3 is 10.1 Å². The Morgan fingerprint density at radius 1 is 1.19 bits per heavy atom. The second-order valence-electron chi connectivity index (χ2n) is 6.32. The minimum atomic E-state index is -0.851. The topological polar surface area (TPSA) is 67.8 Å². The van der Waals surface area contributed by atoms with Gasteiger partial charge in [0.2, 0.25) is 5.91 Å². The molecule has 1 unspecified atom stereocenters. The standard InChI is InChI=1S/C20H19FN2O3S/c1-12(13-6-10-16(21)11-7-13)22-19-23-18(25)20(2,27-19)15-8-4-14(5-9-15)17(24)26-3/h4-12H,1-3H3,(H,22,23,25)/t12-,20?/m0/s1. The van der Waals surface area contributed by atoms with E-state index in [1.807, 2.05) is 13.8 Å². The largest absolute Gasteiger partial charge is 0.465 e. The Balaban J connectivity index is 1.81. The molecule has 5 nitrogen and oxygen atoms in total. The van der Waals surface area contributed by atoms with Crippen molar-refractivity contribution in [1.82, 2.24) is 5.32 Å². The van der Waals surface area contributed by atoms with Crippen LogP contribution < -0.4 is 5.32 Å². The molecule has 1 heterocycles. The molecule has 1 N–H and O–H groups in total. The first kappa shape index (κ1) is 19.1. The number of hydrogen-bond donors (Lipinski definition) is 1. The van der Waals surface area contributed by atoms with Gasteiger partial charge in [-0.3, -0.25) is 9.79 Å². The number of thioether (sulfide) groups is 1. The second-order valence-corrected chi connectivity index (χ2v) is 7.73. The number of halogens is 1. The molecule has 0 bridgehead atoms. The Morgan fingerprint density at radius 3 is 2.41 bits per heavy atom. The monoisotopic (exact) mass is 386 g/mol. The van der Waals surface area contributed by atoms with E-state index in [1.165, 1.54) is 31.0 Å². The van der Waals surface area contributed by atoms with Gasteiger partial charge in [0.25, 0.3) is 0 Å². The molecular formula is C20H19FN2O3S. The summed E-state index contributed by atoms with van der Waals surface area (Å²) >= 11 is 1.32. The first-order chi connectivity index (χ1) is 12.8. The third-order valence-corrected chi connectivity index (χ3v) is 5.70. The molecule has 0 spiro atoms. The average Bonchev–Trinajstić information content (AvgIpc) is 2.96. The highest BCUT2D eigenvalue weighted by Crippen LogP contribution is 2.41. The van der Waals surface area contributed by atoms with E-state index in [4.69, 9.17) is 4.74 Å². The van der Waals surface area contributed by atoms with E-state index < -0.39 is 10.7 Å². The molecule has 1 fully saturated rings. The van der Waals surface area contributed by atoms with Gasteiger partial charge in [-0.2, -0.15) is 0 Å². The van der Waals surface area contributed by atoms with E-state index >= 15 is 0 Å². The fourth-order valence-corrected chi connectivity index (χ4v) is 3.90. The van der Waals surface area contributed by atoms with Gasteiger partial charge in [0.05, 0.1) is 18.7 Å². The number of esters is 1. The van der Waals surface area contributed by atoms with E-state index in [1.54, 1.807) is 36.4 Å². The zero-order valence-electron chi connectivity index (χ0n) is 15.2. The lowest BCUT2D eigenvalue weighted by atomic mass is 9.98. The molecule has 1 aliphatic heterocycles. The molecule has 1 amide bonds. The maximum Gasteiger partial charge on any atom is 0.337 e. The van der Waals surface area contributed by atoms with Crippen LogP contribution in [0.25, 0.3) is 0 Å². The molecule has 2 aromatic rings. The first-order valence-electron chi connectivity index (χ1n) is 8.36. The lowest BCUT2D eigenvalue weighted by molar-refractivity contribution is -0.121. The highest BCUT2D eigenvalue weighted by Gasteiger charge is 2.44. The van der Waals surface area contributed by atoms with Crippen molar-refractivity contribution in [1.29, 1.82) is 0 Å². The van der Waals surface area contributed by atoms with Crippen LogP contribution in [0.1, 0.15) is 41.4 Å². The summed E-state index contributed by atoms with van der Waals surface area (Å²) < 4.78 is 16.9. The molecular weight excluding hydrogens is 367 g/mol. The number of methoxy groups -OCH3 is 1. The van der Waals surface area contributed by atoms with Crippen LogP contribution in [-0.4, -0.2) is 24.2 Å². The Morgan fingerprint density at radius 2 is 1.81 bits per heavy atom. The van der Waals surface area contributed by atoms with Gasteiger partial charge in [-0.15, -0.1) is 0 Å². The number of carbonyl (C=O) groups excluding carboxylic acids is 2. The van der Waals surface area contributed by atoms with Gasteiger partial charge in [0, 0.05) is 0 Å². The number of nitrogens with zero attached hydrogens (tertiary/aromatic N) is 1. The zero-order chi connectivity index (χ0) is 19.6. The van der Waals surface area contributed by atoms with Gasteiger partial charge in [0.15, 0.2) is 5.17 Å². The van der Waals surface area contributed by atoms with E-state index in [0.29, 0.717) is 10.7 Å². The molecule has 2 aromatic carbocycles. The van der Waals surface area contributed by atoms with Gasteiger partial charge in [-0.25, -0.2) is 9.18 Å². The molecule has 0 aliphatic carbocycles. The summed E-state index contributed by atoms with van der Waals surface area (Å²) in [6.45, 7) is 3.69. The van der Waals surface area contributed by atoms with E-state index in [-0.39, 0.29) is 17.8 Å². The molecule has 0 radical (unpaired) electrons. The molecule has 1 saturated heterocycles. The van der Waals surface area contributed by atoms with Crippen LogP contribution in [0.2, 0.25) is 0 Å². The number of ether oxygens (including phenoxy) is 1. The van der Waals surface area contributed by atoms with Crippen LogP contribution >= 0.6 is 11.8 Å². The lowest BCUT2D eigenvalue weighted by Gasteiger charge is -2.19. The third kappa shape index (κ3) is 3.88. The van der Waals surface area contributed by atoms with E-state index in [2.05, 4.69) is 10.3 Å². The Kier molecular flexibility index (Phi) is 5.32. The Hall–Kier alpha value is -2.67. The molecule has 3 rings (SSSR count). The lowest BCUT2D eigenvalue weighted by Crippen LogP contribution is -2.31. The zero-order valence-corrected chi connectivity index (χ0v) is 16.0. The predicted molar refractivity (Wildman–Crippen MR) is 103 cm³/mol. The maximum absolute atomic E-state index is 13.1. The molecule has 1 aliphatic rings. The smallest absolute Gasteiger partial charge is 0.337 e. The number of amidine groups is 1. The van der Waals surface area contributed by atoms with Gasteiger partial charge in [-0.1, -0.05) is 36.0 Å². The number of aliphatic imine (C=N–C) groups is 1. The molecule has 140 valence electrons. The van der Waals surface area contributed by atoms with Crippen LogP contribution in [0.4, 0.5) is 4.39 Å². The van der Waals surface area contributed by atoms with Gasteiger partial charge in [0.1, 0.15) is 10.6 Å². The van der Waals surface area contributed by atoms with Crippen molar-refractivity contribution in [3.8, 4) is 0 Å². The quantitative estimate of drug-likeness (QED) is 0.812. The van der Waals surface area contributed by atoms with Crippen LogP contribution in [0.15, 0.2) is 53.5 Å². The van der Waals surface area contributed by atoms with Crippen molar-refractivity contribution >= 4 is 28.8 Å². The normalized spacial score (nSPS) is 21.8. The minimum absolute atomic E-state index is 0.177. The third-order valence-electron chi connectivity index (χ3n) is 4.47. The maximum atomic E-state index is 13.1. The van der Waals surface area contributed by atoms with Crippen LogP contribution in [0.3, 0.4) is 0 Å². The SMILES string of the molecule is COC(=O)c1ccc(C2(C)SC(=N[C@@H](C)c3ccc(F)cc3)NC2=O)cc1. The molecule has 27 heavy (non-hydrogen) atoms. The van der Waals surface area contributed by atoms with Gasteiger partial charge >= 0.3 is 5.97 Å². The number of amides is 1. The minimum Gasteiger partial charge on any atom is -0.465 e. The first-order valence-corrected chi connectivity index (χ1v) is 9.17. The summed E-state index contributed by atoms with van der Waals surface area (Å²) in [6.07, 6.45) is 0. The van der Waals surface area contributed by atoms with Crippen molar-refractivity contribution in [2.24, 2.45) is 4.99 Å². The highest BCUT2D eigenvalue weighted by atomic mass is 32.2. The molecule has 2 atom stereocenters. The average molecular weight is 386 g/mol. The van der Waals surface area contributed by atoms with Crippen LogP contribution in [0, 0.1) is 5.82 Å². The summed E-state index contributed by atoms with van der Waals surface area (Å²) in [5.74, 6) is -0.904. The van der Waals surface area contributed by atoms with E-state index in [9.17, 15) is 14.0 Å². The summed E-state index contributed by atoms with van der Waals surface area (Å²) in [7, 11) is 1.32. The summed E-state index contributed by atoms with van der Waals surface area (Å²) in [4.78, 5) is 28.7. The van der Waals surface area contributed by atoms with Crippen molar-refractivity contribution in [3.63, 3.8) is 0 Å². The Bertz CT molecular complexity index is 896. The second kappa shape index (κ2) is 7.52. The molecule has 0 saturated carbocycles. The highest BCUT2D eigenvalue weighted by molar-refractivity contribution is 8.15. The Labute approximate surface area is 161 Å². The number of hydrogen-bond acceptors (Lipinski definition) is 5. The van der Waals surface area contributed by atoms with Gasteiger partial charge in [-0.05, 0) is 49.2 Å². The fourth-order valence-electron chi connectivity index (χ4n) is 2.76.